The van der Waals surface area contributed by atoms with E-state index < -0.39 is 35.0 Å². The molecular weight excluding hydrogens is 364 g/mol. The molecule has 1 amide bonds. The third-order valence-electron chi connectivity index (χ3n) is 4.20. The van der Waals surface area contributed by atoms with Crippen molar-refractivity contribution in [2.75, 3.05) is 19.1 Å². The summed E-state index contributed by atoms with van der Waals surface area (Å²) < 4.78 is 34.5. The maximum absolute atomic E-state index is 12.6. The van der Waals surface area contributed by atoms with Gasteiger partial charge in [0, 0.05) is 7.05 Å². The second kappa shape index (κ2) is 7.06. The van der Waals surface area contributed by atoms with Crippen LogP contribution >= 0.6 is 0 Å². The summed E-state index contributed by atoms with van der Waals surface area (Å²) in [6.07, 6.45) is -0.901. The van der Waals surface area contributed by atoms with Gasteiger partial charge in [0.15, 0.2) is 11.5 Å². The Morgan fingerprint density at radius 1 is 1.26 bits per heavy atom. The van der Waals surface area contributed by atoms with Crippen molar-refractivity contribution < 1.29 is 28.0 Å². The van der Waals surface area contributed by atoms with E-state index in [0.29, 0.717) is 11.3 Å². The summed E-state index contributed by atoms with van der Waals surface area (Å²) in [5.74, 6) is -0.986. The Kier molecular flexibility index (Phi) is 4.80. The normalized spacial score (nSPS) is 16.0. The lowest BCUT2D eigenvalue weighted by Gasteiger charge is -2.36. The van der Waals surface area contributed by atoms with Crippen LogP contribution in [-0.2, 0) is 0 Å². The average molecular weight is 379 g/mol. The quantitative estimate of drug-likeness (QED) is 0.634. The van der Waals surface area contributed by atoms with Crippen molar-refractivity contribution in [1.29, 1.82) is 0 Å². The van der Waals surface area contributed by atoms with E-state index in [1.54, 1.807) is 36.2 Å². The topological polar surface area (TPSA) is 93.9 Å². The van der Waals surface area contributed by atoms with Gasteiger partial charge in [-0.15, -0.1) is 0 Å². The minimum absolute atomic E-state index is 0.0730. The van der Waals surface area contributed by atoms with E-state index in [-0.39, 0.29) is 11.3 Å². The summed E-state index contributed by atoms with van der Waals surface area (Å²) in [4.78, 5) is 24.8. The predicted molar refractivity (Wildman–Crippen MR) is 91.3 cm³/mol. The molecule has 10 heteroatoms. The molecule has 27 heavy (non-hydrogen) atoms. The smallest absolute Gasteiger partial charge is 0.387 e. The number of carbonyl (C=O) groups is 1. The lowest BCUT2D eigenvalue weighted by Crippen LogP contribution is -2.44. The van der Waals surface area contributed by atoms with Gasteiger partial charge in [-0.3, -0.25) is 14.9 Å². The number of ether oxygens (including phenoxy) is 2. The molecule has 1 aliphatic rings. The second-order valence-corrected chi connectivity index (χ2v) is 5.70. The molecule has 0 bridgehead atoms. The van der Waals surface area contributed by atoms with Crippen LogP contribution in [0.25, 0.3) is 0 Å². The molecule has 2 aromatic carbocycles. The highest BCUT2D eigenvalue weighted by Gasteiger charge is 2.35. The van der Waals surface area contributed by atoms with Crippen LogP contribution in [0.15, 0.2) is 36.4 Å². The van der Waals surface area contributed by atoms with Crippen LogP contribution in [0.3, 0.4) is 0 Å². The molecule has 1 atom stereocenters. The minimum atomic E-state index is -3.17. The molecule has 0 radical (unpaired) electrons. The highest BCUT2D eigenvalue weighted by Crippen LogP contribution is 2.41. The fraction of sp³-hybridized carbons (Fsp3) is 0.235. The predicted octanol–water partition coefficient (Wildman–Crippen LogP) is 3.08. The van der Waals surface area contributed by atoms with Crippen molar-refractivity contribution in [1.82, 2.24) is 5.32 Å². The second-order valence-electron chi connectivity index (χ2n) is 5.70. The molecule has 0 aliphatic carbocycles. The van der Waals surface area contributed by atoms with Gasteiger partial charge in [0.2, 0.25) is 0 Å². The van der Waals surface area contributed by atoms with Gasteiger partial charge in [0.1, 0.15) is 6.17 Å². The van der Waals surface area contributed by atoms with E-state index in [2.05, 4.69) is 10.1 Å². The van der Waals surface area contributed by atoms with E-state index in [1.165, 1.54) is 13.2 Å². The van der Waals surface area contributed by atoms with Gasteiger partial charge >= 0.3 is 6.61 Å². The number of nitrogens with zero attached hydrogens (tertiary/aromatic N) is 2. The molecule has 0 saturated carbocycles. The molecular formula is C17H15F2N3O5. The first kappa shape index (κ1) is 18.4. The third kappa shape index (κ3) is 3.33. The zero-order valence-corrected chi connectivity index (χ0v) is 14.3. The fourth-order valence-corrected chi connectivity index (χ4v) is 2.99. The summed E-state index contributed by atoms with van der Waals surface area (Å²) in [5.41, 5.74) is 0.586. The number of nitro benzene ring substituents is 1. The lowest BCUT2D eigenvalue weighted by molar-refractivity contribution is -0.385. The Hall–Kier alpha value is -3.43. The van der Waals surface area contributed by atoms with Crippen molar-refractivity contribution in [2.24, 2.45) is 0 Å². The number of amides is 1. The number of hydrogen-bond donors (Lipinski definition) is 1. The van der Waals surface area contributed by atoms with Crippen LogP contribution < -0.4 is 19.7 Å². The fourth-order valence-electron chi connectivity index (χ4n) is 2.99. The van der Waals surface area contributed by atoms with Crippen LogP contribution in [0.1, 0.15) is 22.1 Å². The molecule has 0 aromatic heterocycles. The highest BCUT2D eigenvalue weighted by molar-refractivity contribution is 6.02. The number of alkyl halides is 2. The number of fused-ring (bicyclic) bond motifs is 1. The average Bonchev–Trinajstić information content (AvgIpc) is 2.64. The molecule has 142 valence electrons. The van der Waals surface area contributed by atoms with E-state index in [9.17, 15) is 23.7 Å². The van der Waals surface area contributed by atoms with Crippen LogP contribution in [0, 0.1) is 10.1 Å². The number of hydrogen-bond acceptors (Lipinski definition) is 6. The third-order valence-corrected chi connectivity index (χ3v) is 4.20. The van der Waals surface area contributed by atoms with E-state index in [0.717, 1.165) is 6.07 Å². The Bertz CT molecular complexity index is 906. The van der Waals surface area contributed by atoms with Crippen molar-refractivity contribution in [3.8, 4) is 11.5 Å². The van der Waals surface area contributed by atoms with E-state index in [4.69, 9.17) is 4.74 Å². The van der Waals surface area contributed by atoms with Crippen LogP contribution in [0.2, 0.25) is 0 Å². The van der Waals surface area contributed by atoms with Crippen LogP contribution in [0.4, 0.5) is 20.2 Å². The number of nitrogens with one attached hydrogen (secondary N) is 1. The molecule has 0 spiro atoms. The lowest BCUT2D eigenvalue weighted by atomic mass is 10.0. The first-order chi connectivity index (χ1) is 12.8. The summed E-state index contributed by atoms with van der Waals surface area (Å²) in [7, 11) is 2.88. The molecule has 1 N–H and O–H groups in total. The molecule has 2 aromatic rings. The van der Waals surface area contributed by atoms with Crippen LogP contribution in [0.5, 0.6) is 11.5 Å². The number of benzene rings is 2. The number of nitro groups is 1. The number of para-hydroxylation sites is 1. The SMILES string of the molecule is COc1cc([C@@H]2NC(=O)c3ccccc3N2C)c([N+](=O)[O-])cc1OC(F)F. The van der Waals surface area contributed by atoms with Crippen molar-refractivity contribution >= 4 is 17.3 Å². The minimum Gasteiger partial charge on any atom is -0.493 e. The Morgan fingerprint density at radius 2 is 1.96 bits per heavy atom. The largest absolute Gasteiger partial charge is 0.493 e. The molecule has 0 saturated heterocycles. The van der Waals surface area contributed by atoms with Gasteiger partial charge in [0.05, 0.1) is 34.9 Å². The van der Waals surface area contributed by atoms with Crippen molar-refractivity contribution in [3.63, 3.8) is 0 Å². The van der Waals surface area contributed by atoms with Gasteiger partial charge < -0.3 is 19.7 Å². The van der Waals surface area contributed by atoms with Gasteiger partial charge in [-0.2, -0.15) is 8.78 Å². The maximum Gasteiger partial charge on any atom is 0.387 e. The van der Waals surface area contributed by atoms with Crippen molar-refractivity contribution in [2.45, 2.75) is 12.8 Å². The monoisotopic (exact) mass is 379 g/mol. The highest BCUT2D eigenvalue weighted by atomic mass is 19.3. The first-order valence-corrected chi connectivity index (χ1v) is 7.77. The maximum atomic E-state index is 12.6. The van der Waals surface area contributed by atoms with Crippen molar-refractivity contribution in [3.05, 3.63) is 57.6 Å². The van der Waals surface area contributed by atoms with E-state index in [1.807, 2.05) is 0 Å². The summed E-state index contributed by atoms with van der Waals surface area (Å²) in [5, 5.41) is 14.2. The van der Waals surface area contributed by atoms with Crippen LogP contribution in [-0.4, -0.2) is 31.6 Å². The summed E-state index contributed by atoms with van der Waals surface area (Å²) in [6, 6.07) is 8.85. The molecule has 8 nitrogen and oxygen atoms in total. The number of halogens is 2. The zero-order chi connectivity index (χ0) is 19.7. The van der Waals surface area contributed by atoms with E-state index >= 15 is 0 Å². The molecule has 3 rings (SSSR count). The molecule has 1 aliphatic heterocycles. The van der Waals surface area contributed by atoms with Gasteiger partial charge in [-0.25, -0.2) is 0 Å². The number of methoxy groups -OCH3 is 1. The molecule has 0 unspecified atom stereocenters. The van der Waals surface area contributed by atoms with Gasteiger partial charge in [-0.05, 0) is 18.2 Å². The number of carbonyl (C=O) groups excluding carboxylic acids is 1. The summed E-state index contributed by atoms with van der Waals surface area (Å²) in [6.45, 7) is -3.17. The summed E-state index contributed by atoms with van der Waals surface area (Å²) >= 11 is 0. The number of rotatable bonds is 5. The Balaban J connectivity index is 2.13. The molecule has 0 fully saturated rings. The Labute approximate surface area is 152 Å². The Morgan fingerprint density at radius 3 is 2.59 bits per heavy atom. The zero-order valence-electron chi connectivity index (χ0n) is 14.3. The van der Waals surface area contributed by atoms with Gasteiger partial charge in [-0.1, -0.05) is 12.1 Å². The first-order valence-electron chi connectivity index (χ1n) is 7.77. The standard InChI is InChI=1S/C17H15F2N3O5/c1-21-11-6-4-3-5-9(11)16(23)20-15(21)10-7-13(26-2)14(27-17(18)19)8-12(10)22(24)25/h3-8,15,17H,1-2H3,(H,20,23)/t15-/m1/s1. The van der Waals surface area contributed by atoms with Gasteiger partial charge in [0.25, 0.3) is 11.6 Å². The number of anilines is 1. The molecule has 1 heterocycles.